The second-order valence-corrected chi connectivity index (χ2v) is 4.14. The molecule has 0 unspecified atom stereocenters. The van der Waals surface area contributed by atoms with E-state index in [1.165, 1.54) is 12.1 Å². The lowest BCUT2D eigenvalue weighted by Crippen LogP contribution is -2.06. The first-order chi connectivity index (χ1) is 9.47. The number of carbonyl (C=O) groups is 1. The Morgan fingerprint density at radius 3 is 2.55 bits per heavy atom. The molecule has 6 heteroatoms. The van der Waals surface area contributed by atoms with Crippen LogP contribution in [0.15, 0.2) is 36.4 Å². The summed E-state index contributed by atoms with van der Waals surface area (Å²) < 4.78 is 26.7. The molecule has 0 spiro atoms. The van der Waals surface area contributed by atoms with E-state index in [1.807, 2.05) is 0 Å². The molecule has 0 aliphatic heterocycles. The number of halogens is 2. The van der Waals surface area contributed by atoms with E-state index >= 15 is 0 Å². The number of aromatic carboxylic acids is 1. The van der Waals surface area contributed by atoms with Crippen LogP contribution in [-0.4, -0.2) is 16.2 Å². The van der Waals surface area contributed by atoms with Crippen LogP contribution in [-0.2, 0) is 6.54 Å². The summed E-state index contributed by atoms with van der Waals surface area (Å²) in [5, 5.41) is 20.7. The molecule has 0 aromatic heterocycles. The van der Waals surface area contributed by atoms with Crippen molar-refractivity contribution in [1.82, 2.24) is 0 Å². The number of benzene rings is 2. The highest BCUT2D eigenvalue weighted by Gasteiger charge is 2.15. The van der Waals surface area contributed by atoms with Crippen molar-refractivity contribution in [2.24, 2.45) is 0 Å². The van der Waals surface area contributed by atoms with E-state index in [9.17, 15) is 18.7 Å². The number of aromatic hydroxyl groups is 1. The maximum absolute atomic E-state index is 13.5. The van der Waals surface area contributed by atoms with Gasteiger partial charge in [0.1, 0.15) is 17.4 Å². The molecule has 20 heavy (non-hydrogen) atoms. The fourth-order valence-corrected chi connectivity index (χ4v) is 1.71. The summed E-state index contributed by atoms with van der Waals surface area (Å²) in [4.78, 5) is 10.8. The van der Waals surface area contributed by atoms with Gasteiger partial charge in [0.15, 0.2) is 0 Å². The van der Waals surface area contributed by atoms with Gasteiger partial charge in [0.05, 0.1) is 11.3 Å². The van der Waals surface area contributed by atoms with Crippen molar-refractivity contribution in [2.75, 3.05) is 5.32 Å². The Balaban J connectivity index is 2.21. The van der Waals surface area contributed by atoms with E-state index in [4.69, 9.17) is 5.11 Å². The van der Waals surface area contributed by atoms with Gasteiger partial charge in [-0.15, -0.1) is 0 Å². The molecule has 3 N–H and O–H groups in total. The molecule has 2 aromatic carbocycles. The van der Waals surface area contributed by atoms with E-state index in [0.29, 0.717) is 11.6 Å². The average molecular weight is 279 g/mol. The first-order valence-corrected chi connectivity index (χ1v) is 5.71. The Morgan fingerprint density at radius 1 is 1.15 bits per heavy atom. The molecule has 0 aliphatic carbocycles. The third-order valence-electron chi connectivity index (χ3n) is 2.68. The molecule has 2 rings (SSSR count). The lowest BCUT2D eigenvalue weighted by atomic mass is 10.1. The maximum Gasteiger partial charge on any atom is 0.338 e. The van der Waals surface area contributed by atoms with E-state index in [1.54, 1.807) is 12.1 Å². The zero-order chi connectivity index (χ0) is 14.7. The van der Waals surface area contributed by atoms with Crippen LogP contribution in [0.1, 0.15) is 15.9 Å². The molecule has 0 amide bonds. The second-order valence-electron chi connectivity index (χ2n) is 4.14. The molecule has 0 saturated carbocycles. The van der Waals surface area contributed by atoms with E-state index < -0.39 is 23.2 Å². The highest BCUT2D eigenvalue weighted by Crippen LogP contribution is 2.21. The molecule has 104 valence electrons. The summed E-state index contributed by atoms with van der Waals surface area (Å²) >= 11 is 0. The standard InChI is InChI=1S/C14H11F2NO3/c15-11-6-12(16)13(5-10(11)14(19)20)17-7-8-2-1-3-9(18)4-8/h1-6,17-18H,7H2,(H,19,20). The van der Waals surface area contributed by atoms with Crippen LogP contribution >= 0.6 is 0 Å². The van der Waals surface area contributed by atoms with Crippen molar-refractivity contribution in [3.05, 3.63) is 59.2 Å². The fraction of sp³-hybridized carbons (Fsp3) is 0.0714. The maximum atomic E-state index is 13.5. The summed E-state index contributed by atoms with van der Waals surface area (Å²) in [5.74, 6) is -3.41. The average Bonchev–Trinajstić information content (AvgIpc) is 2.37. The van der Waals surface area contributed by atoms with Gasteiger partial charge in [0, 0.05) is 12.6 Å². The van der Waals surface area contributed by atoms with E-state index in [0.717, 1.165) is 6.07 Å². The van der Waals surface area contributed by atoms with Gasteiger partial charge < -0.3 is 15.5 Å². The molecule has 0 saturated heterocycles. The minimum atomic E-state index is -1.47. The van der Waals surface area contributed by atoms with Crippen LogP contribution in [0.2, 0.25) is 0 Å². The van der Waals surface area contributed by atoms with Gasteiger partial charge in [-0.25, -0.2) is 13.6 Å². The van der Waals surface area contributed by atoms with Crippen molar-refractivity contribution in [2.45, 2.75) is 6.54 Å². The van der Waals surface area contributed by atoms with Crippen LogP contribution < -0.4 is 5.32 Å². The normalized spacial score (nSPS) is 10.3. The van der Waals surface area contributed by atoms with E-state index in [2.05, 4.69) is 5.32 Å². The van der Waals surface area contributed by atoms with Crippen molar-refractivity contribution in [3.63, 3.8) is 0 Å². The zero-order valence-corrected chi connectivity index (χ0v) is 10.2. The van der Waals surface area contributed by atoms with Gasteiger partial charge >= 0.3 is 5.97 Å². The first kappa shape index (κ1) is 13.8. The molecule has 0 atom stereocenters. The van der Waals surface area contributed by atoms with Crippen molar-refractivity contribution < 1.29 is 23.8 Å². The van der Waals surface area contributed by atoms with Crippen LogP contribution in [0.3, 0.4) is 0 Å². The van der Waals surface area contributed by atoms with E-state index in [-0.39, 0.29) is 18.0 Å². The predicted molar refractivity (Wildman–Crippen MR) is 68.8 cm³/mol. The summed E-state index contributed by atoms with van der Waals surface area (Å²) in [6.07, 6.45) is 0. The predicted octanol–water partition coefficient (Wildman–Crippen LogP) is 2.98. The quantitative estimate of drug-likeness (QED) is 0.804. The molecule has 0 fully saturated rings. The van der Waals surface area contributed by atoms with Gasteiger partial charge in [-0.2, -0.15) is 0 Å². The molecule has 4 nitrogen and oxygen atoms in total. The third kappa shape index (κ3) is 3.03. The Morgan fingerprint density at radius 2 is 1.90 bits per heavy atom. The van der Waals surface area contributed by atoms with Crippen LogP contribution in [0, 0.1) is 11.6 Å². The summed E-state index contributed by atoms with van der Waals surface area (Å²) in [5.41, 5.74) is -0.0532. The number of anilines is 1. The van der Waals surface area contributed by atoms with Crippen LogP contribution in [0.5, 0.6) is 5.75 Å². The summed E-state index contributed by atoms with van der Waals surface area (Å²) in [6, 6.07) is 7.71. The summed E-state index contributed by atoms with van der Waals surface area (Å²) in [7, 11) is 0. The van der Waals surface area contributed by atoms with Gasteiger partial charge in [0.25, 0.3) is 0 Å². The molecule has 0 heterocycles. The monoisotopic (exact) mass is 279 g/mol. The number of phenolic OH excluding ortho intramolecular Hbond substituents is 1. The Bertz CT molecular complexity index is 659. The molecule has 0 radical (unpaired) electrons. The lowest BCUT2D eigenvalue weighted by molar-refractivity contribution is 0.0692. The Kier molecular flexibility index (Phi) is 3.84. The van der Waals surface area contributed by atoms with Crippen LogP contribution in [0.25, 0.3) is 0 Å². The number of nitrogens with one attached hydrogen (secondary N) is 1. The van der Waals surface area contributed by atoms with Gasteiger partial charge in [0.2, 0.25) is 0 Å². The molecular formula is C14H11F2NO3. The fourth-order valence-electron chi connectivity index (χ4n) is 1.71. The van der Waals surface area contributed by atoms with Crippen molar-refractivity contribution in [1.29, 1.82) is 0 Å². The Hall–Kier alpha value is -2.63. The number of carboxylic acid groups (broad SMARTS) is 1. The van der Waals surface area contributed by atoms with Gasteiger partial charge in [-0.05, 0) is 23.8 Å². The minimum Gasteiger partial charge on any atom is -0.508 e. The minimum absolute atomic E-state index is 0.0649. The van der Waals surface area contributed by atoms with Gasteiger partial charge in [-0.3, -0.25) is 0 Å². The third-order valence-corrected chi connectivity index (χ3v) is 2.68. The smallest absolute Gasteiger partial charge is 0.338 e. The lowest BCUT2D eigenvalue weighted by Gasteiger charge is -2.09. The van der Waals surface area contributed by atoms with Crippen LogP contribution in [0.4, 0.5) is 14.5 Å². The topological polar surface area (TPSA) is 69.6 Å². The SMILES string of the molecule is O=C(O)c1cc(NCc2cccc(O)c2)c(F)cc1F. The Labute approximate surface area is 113 Å². The number of hydrogen-bond acceptors (Lipinski definition) is 3. The number of phenols is 1. The van der Waals surface area contributed by atoms with Gasteiger partial charge in [-0.1, -0.05) is 12.1 Å². The number of hydrogen-bond donors (Lipinski definition) is 3. The number of rotatable bonds is 4. The number of carboxylic acids is 1. The second kappa shape index (κ2) is 5.56. The molecule has 0 bridgehead atoms. The molecular weight excluding hydrogens is 268 g/mol. The largest absolute Gasteiger partial charge is 0.508 e. The molecule has 2 aromatic rings. The molecule has 0 aliphatic rings. The summed E-state index contributed by atoms with van der Waals surface area (Å²) in [6.45, 7) is 0.163. The van der Waals surface area contributed by atoms with Crippen molar-refractivity contribution in [3.8, 4) is 5.75 Å². The highest BCUT2D eigenvalue weighted by molar-refractivity contribution is 5.89. The zero-order valence-electron chi connectivity index (χ0n) is 10.2. The highest BCUT2D eigenvalue weighted by atomic mass is 19.1. The first-order valence-electron chi connectivity index (χ1n) is 5.71. The van der Waals surface area contributed by atoms with Crippen molar-refractivity contribution >= 4 is 11.7 Å².